The highest BCUT2D eigenvalue weighted by Gasteiger charge is 2.22. The maximum Gasteiger partial charge on any atom is 0.319 e. The molecule has 1 atom stereocenters. The van der Waals surface area contributed by atoms with E-state index in [1.807, 2.05) is 18.2 Å². The Labute approximate surface area is 179 Å². The largest absolute Gasteiger partial charge is 0.465 e. The lowest BCUT2D eigenvalue weighted by molar-refractivity contribution is -0.142. The van der Waals surface area contributed by atoms with Crippen molar-refractivity contribution in [1.82, 2.24) is 10.3 Å². The Kier molecular flexibility index (Phi) is 7.56. The average molecular weight is 424 g/mol. The van der Waals surface area contributed by atoms with E-state index in [0.29, 0.717) is 11.1 Å². The summed E-state index contributed by atoms with van der Waals surface area (Å²) in [5.41, 5.74) is 2.60. The molecule has 5 nitrogen and oxygen atoms in total. The van der Waals surface area contributed by atoms with Crippen LogP contribution in [0.2, 0.25) is 0 Å². The highest BCUT2D eigenvalue weighted by Crippen LogP contribution is 2.21. The van der Waals surface area contributed by atoms with Crippen molar-refractivity contribution in [1.29, 1.82) is 0 Å². The van der Waals surface area contributed by atoms with Crippen LogP contribution in [0.15, 0.2) is 67.0 Å². The van der Waals surface area contributed by atoms with Crippen molar-refractivity contribution in [2.75, 3.05) is 13.2 Å². The lowest BCUT2D eigenvalue weighted by Crippen LogP contribution is -2.42. The number of carbonyl (C=O) groups excluding carboxylic acids is 2. The molecule has 31 heavy (non-hydrogen) atoms. The van der Waals surface area contributed by atoms with Crippen molar-refractivity contribution in [3.63, 3.8) is 0 Å². The Morgan fingerprint density at radius 2 is 1.77 bits per heavy atom. The summed E-state index contributed by atoms with van der Waals surface area (Å²) in [6.07, 6.45) is 3.40. The van der Waals surface area contributed by atoms with E-state index in [2.05, 4.69) is 10.3 Å². The van der Waals surface area contributed by atoms with Gasteiger partial charge >= 0.3 is 5.97 Å². The second-order valence-corrected chi connectivity index (χ2v) is 6.87. The zero-order valence-electron chi connectivity index (χ0n) is 17.0. The first-order valence-electron chi connectivity index (χ1n) is 9.85. The number of ketones is 1. The van der Waals surface area contributed by atoms with Gasteiger partial charge in [0.25, 0.3) is 0 Å². The standard InChI is InChI=1S/C24H22F2N2O3/c1-2-31-23(29)15-28-22(13-16-6-7-20(25)21(26)12-16)24(30)19-5-3-4-18(14-19)17-8-10-27-11-9-17/h3-12,14,22,28H,2,13,15H2,1H3. The number of nitrogens with zero attached hydrogens (tertiary/aromatic N) is 1. The number of nitrogens with one attached hydrogen (secondary N) is 1. The Morgan fingerprint density at radius 3 is 2.48 bits per heavy atom. The molecule has 2 aromatic carbocycles. The molecule has 1 heterocycles. The normalized spacial score (nSPS) is 11.7. The van der Waals surface area contributed by atoms with Crippen LogP contribution < -0.4 is 5.32 Å². The third-order valence-corrected chi connectivity index (χ3v) is 4.70. The molecule has 0 saturated carbocycles. The molecule has 0 spiro atoms. The van der Waals surface area contributed by atoms with Crippen molar-refractivity contribution in [2.45, 2.75) is 19.4 Å². The Hall–Kier alpha value is -3.45. The van der Waals surface area contributed by atoms with Gasteiger partial charge in [-0.25, -0.2) is 8.78 Å². The van der Waals surface area contributed by atoms with E-state index in [1.54, 1.807) is 37.5 Å². The maximum atomic E-state index is 13.6. The van der Waals surface area contributed by atoms with E-state index in [-0.39, 0.29) is 25.4 Å². The average Bonchev–Trinajstić information content (AvgIpc) is 2.79. The minimum atomic E-state index is -0.992. The zero-order chi connectivity index (χ0) is 22.2. The third kappa shape index (κ3) is 6.02. The topological polar surface area (TPSA) is 68.3 Å². The number of Topliss-reactive ketones (excluding diaryl/α,β-unsaturated/α-hetero) is 1. The van der Waals surface area contributed by atoms with E-state index in [4.69, 9.17) is 4.74 Å². The van der Waals surface area contributed by atoms with Gasteiger partial charge in [-0.05, 0) is 60.4 Å². The van der Waals surface area contributed by atoms with Crippen LogP contribution in [0.4, 0.5) is 8.78 Å². The molecule has 0 aliphatic rings. The molecular weight excluding hydrogens is 402 g/mol. The molecule has 1 aromatic heterocycles. The predicted molar refractivity (Wildman–Crippen MR) is 112 cm³/mol. The van der Waals surface area contributed by atoms with Crippen molar-refractivity contribution in [3.05, 3.63) is 89.8 Å². The lowest BCUT2D eigenvalue weighted by atomic mass is 9.95. The molecule has 3 aromatic rings. The highest BCUT2D eigenvalue weighted by molar-refractivity contribution is 6.01. The summed E-state index contributed by atoms with van der Waals surface area (Å²) in [7, 11) is 0. The van der Waals surface area contributed by atoms with Crippen LogP contribution in [0.3, 0.4) is 0 Å². The van der Waals surface area contributed by atoms with Crippen molar-refractivity contribution in [3.8, 4) is 11.1 Å². The highest BCUT2D eigenvalue weighted by atomic mass is 19.2. The molecule has 3 rings (SSSR count). The first-order valence-corrected chi connectivity index (χ1v) is 9.85. The molecular formula is C24H22F2N2O3. The van der Waals surface area contributed by atoms with Gasteiger partial charge < -0.3 is 4.74 Å². The number of pyridine rings is 1. The molecule has 1 N–H and O–H groups in total. The molecule has 0 fully saturated rings. The molecule has 7 heteroatoms. The zero-order valence-corrected chi connectivity index (χ0v) is 17.0. The number of rotatable bonds is 9. The molecule has 160 valence electrons. The second-order valence-electron chi connectivity index (χ2n) is 6.87. The fraction of sp³-hybridized carbons (Fsp3) is 0.208. The lowest BCUT2D eigenvalue weighted by Gasteiger charge is -2.18. The molecule has 0 aliphatic carbocycles. The number of ether oxygens (including phenoxy) is 1. The van der Waals surface area contributed by atoms with E-state index in [9.17, 15) is 18.4 Å². The van der Waals surface area contributed by atoms with Crippen LogP contribution in [0.5, 0.6) is 0 Å². The van der Waals surface area contributed by atoms with Gasteiger partial charge in [-0.15, -0.1) is 0 Å². The summed E-state index contributed by atoms with van der Waals surface area (Å²) in [4.78, 5) is 29.0. The summed E-state index contributed by atoms with van der Waals surface area (Å²) in [5, 5.41) is 2.89. The first-order chi connectivity index (χ1) is 15.0. The number of hydrogen-bond donors (Lipinski definition) is 1. The van der Waals surface area contributed by atoms with E-state index >= 15 is 0 Å². The third-order valence-electron chi connectivity index (χ3n) is 4.70. The van der Waals surface area contributed by atoms with Gasteiger partial charge in [0, 0.05) is 18.0 Å². The fourth-order valence-electron chi connectivity index (χ4n) is 3.18. The number of hydrogen-bond acceptors (Lipinski definition) is 5. The summed E-state index contributed by atoms with van der Waals surface area (Å²) in [6.45, 7) is 1.72. The maximum absolute atomic E-state index is 13.6. The van der Waals surface area contributed by atoms with Gasteiger partial charge in [-0.3, -0.25) is 19.9 Å². The smallest absolute Gasteiger partial charge is 0.319 e. The Balaban J connectivity index is 1.85. The molecule has 0 radical (unpaired) electrons. The van der Waals surface area contributed by atoms with E-state index in [0.717, 1.165) is 23.3 Å². The second kappa shape index (κ2) is 10.5. The quantitative estimate of drug-likeness (QED) is 0.416. The minimum Gasteiger partial charge on any atom is -0.465 e. The van der Waals surface area contributed by atoms with Crippen molar-refractivity contribution >= 4 is 11.8 Å². The molecule has 1 unspecified atom stereocenters. The SMILES string of the molecule is CCOC(=O)CNC(Cc1ccc(F)c(F)c1)C(=O)c1cccc(-c2ccncc2)c1. The predicted octanol–water partition coefficient (Wildman–Crippen LogP) is 3.97. The van der Waals surface area contributed by atoms with Crippen LogP contribution in [0, 0.1) is 11.6 Å². The molecule has 0 amide bonds. The van der Waals surface area contributed by atoms with Gasteiger partial charge in [0.05, 0.1) is 19.2 Å². The number of benzene rings is 2. The number of halogens is 2. The van der Waals surface area contributed by atoms with Crippen molar-refractivity contribution < 1.29 is 23.1 Å². The monoisotopic (exact) mass is 424 g/mol. The van der Waals surface area contributed by atoms with Crippen LogP contribution >= 0.6 is 0 Å². The van der Waals surface area contributed by atoms with Gasteiger partial charge in [0.1, 0.15) is 0 Å². The van der Waals surface area contributed by atoms with Crippen molar-refractivity contribution in [2.24, 2.45) is 0 Å². The van der Waals surface area contributed by atoms with Gasteiger partial charge in [0.2, 0.25) is 0 Å². The minimum absolute atomic E-state index is 0.0783. The molecule has 0 bridgehead atoms. The summed E-state index contributed by atoms with van der Waals surface area (Å²) >= 11 is 0. The van der Waals surface area contributed by atoms with Crippen LogP contribution in [0.25, 0.3) is 11.1 Å². The van der Waals surface area contributed by atoms with Crippen LogP contribution in [-0.2, 0) is 16.0 Å². The van der Waals surface area contributed by atoms with Gasteiger partial charge in [-0.1, -0.05) is 24.3 Å². The summed E-state index contributed by atoms with van der Waals surface area (Å²) in [5.74, 6) is -2.73. The van der Waals surface area contributed by atoms with Crippen LogP contribution in [0.1, 0.15) is 22.8 Å². The van der Waals surface area contributed by atoms with E-state index < -0.39 is 23.6 Å². The Morgan fingerprint density at radius 1 is 1.00 bits per heavy atom. The van der Waals surface area contributed by atoms with E-state index in [1.165, 1.54) is 6.07 Å². The number of aromatic nitrogens is 1. The van der Waals surface area contributed by atoms with Crippen LogP contribution in [-0.4, -0.2) is 35.9 Å². The molecule has 0 aliphatic heterocycles. The number of esters is 1. The summed E-state index contributed by atoms with van der Waals surface area (Å²) < 4.78 is 31.8. The first kappa shape index (κ1) is 22.2. The fourth-order valence-corrected chi connectivity index (χ4v) is 3.18. The van der Waals surface area contributed by atoms with Gasteiger partial charge in [-0.2, -0.15) is 0 Å². The van der Waals surface area contributed by atoms with Gasteiger partial charge in [0.15, 0.2) is 17.4 Å². The molecule has 0 saturated heterocycles. The summed E-state index contributed by atoms with van der Waals surface area (Å²) in [6, 6.07) is 13.4. The Bertz CT molecular complexity index is 1060. The number of carbonyl (C=O) groups is 2.